The first-order chi connectivity index (χ1) is 13.7. The second-order valence-corrected chi connectivity index (χ2v) is 7.10. The summed E-state index contributed by atoms with van der Waals surface area (Å²) in [6, 6.07) is 19.7. The molecule has 2 amide bonds. The minimum absolute atomic E-state index is 0.0527. The first-order valence-electron chi connectivity index (χ1n) is 9.56. The molecule has 1 N–H and O–H groups in total. The monoisotopic (exact) mass is 373 g/mol. The molecule has 4 rings (SSSR count). The van der Waals surface area contributed by atoms with Crippen molar-refractivity contribution < 1.29 is 9.59 Å². The number of benzene rings is 2. The molecule has 1 fully saturated rings. The molecule has 3 aromatic rings. The highest BCUT2D eigenvalue weighted by atomic mass is 16.2. The zero-order chi connectivity index (χ0) is 19.3. The van der Waals surface area contributed by atoms with E-state index in [9.17, 15) is 9.59 Å². The second kappa shape index (κ2) is 8.13. The van der Waals surface area contributed by atoms with Crippen LogP contribution in [0, 0.1) is 0 Å². The molecule has 0 radical (unpaired) electrons. The Labute approximate surface area is 164 Å². The Morgan fingerprint density at radius 2 is 1.75 bits per heavy atom. The minimum atomic E-state index is -0.0527. The number of rotatable bonds is 6. The van der Waals surface area contributed by atoms with Crippen molar-refractivity contribution in [1.29, 1.82) is 0 Å². The molecule has 28 heavy (non-hydrogen) atoms. The third-order valence-electron chi connectivity index (χ3n) is 4.96. The summed E-state index contributed by atoms with van der Waals surface area (Å²) in [5.74, 6) is 0.154. The summed E-state index contributed by atoms with van der Waals surface area (Å²) in [4.78, 5) is 26.1. The van der Waals surface area contributed by atoms with E-state index in [0.717, 1.165) is 35.5 Å². The highest BCUT2D eigenvalue weighted by Crippen LogP contribution is 2.18. The molecule has 1 aliphatic rings. The van der Waals surface area contributed by atoms with Gasteiger partial charge in [0.2, 0.25) is 11.8 Å². The molecule has 1 aromatic heterocycles. The molecule has 2 aromatic carbocycles. The largest absolute Gasteiger partial charge is 0.338 e. The maximum absolute atomic E-state index is 12.4. The zero-order valence-corrected chi connectivity index (χ0v) is 15.7. The van der Waals surface area contributed by atoms with Crippen LogP contribution in [0.15, 0.2) is 73.1 Å². The quantitative estimate of drug-likeness (QED) is 0.715. The van der Waals surface area contributed by atoms with Crippen molar-refractivity contribution in [2.24, 2.45) is 0 Å². The summed E-state index contributed by atoms with van der Waals surface area (Å²) in [5, 5.41) is 2.96. The fraction of sp³-hybridized carbons (Fsp3) is 0.217. The van der Waals surface area contributed by atoms with Gasteiger partial charge in [0.25, 0.3) is 0 Å². The summed E-state index contributed by atoms with van der Waals surface area (Å²) in [6.07, 6.45) is 5.87. The molecule has 2 heterocycles. The first-order valence-corrected chi connectivity index (χ1v) is 9.56. The highest BCUT2D eigenvalue weighted by Gasteiger charge is 2.20. The van der Waals surface area contributed by atoms with Crippen LogP contribution in [0.3, 0.4) is 0 Å². The molecule has 0 bridgehead atoms. The lowest BCUT2D eigenvalue weighted by Crippen LogP contribution is -2.23. The summed E-state index contributed by atoms with van der Waals surface area (Å²) in [6.45, 7) is 1.41. The van der Waals surface area contributed by atoms with Crippen LogP contribution in [-0.2, 0) is 22.6 Å². The molecule has 0 spiro atoms. The summed E-state index contributed by atoms with van der Waals surface area (Å²) in [7, 11) is 0. The van der Waals surface area contributed by atoms with Gasteiger partial charge in [0.15, 0.2) is 0 Å². The average Bonchev–Trinajstić information content (AvgIpc) is 3.35. The fourth-order valence-corrected chi connectivity index (χ4v) is 3.52. The Bertz CT molecular complexity index is 962. The van der Waals surface area contributed by atoms with Crippen molar-refractivity contribution in [3.05, 3.63) is 84.2 Å². The summed E-state index contributed by atoms with van der Waals surface area (Å²) in [5.41, 5.74) is 3.83. The number of carbonyl (C=O) groups excluding carboxylic acids is 2. The maximum Gasteiger partial charge on any atom is 0.228 e. The van der Waals surface area contributed by atoms with E-state index in [4.69, 9.17) is 0 Å². The molecule has 0 unspecified atom stereocenters. The smallest absolute Gasteiger partial charge is 0.228 e. The van der Waals surface area contributed by atoms with Crippen LogP contribution in [0.25, 0.3) is 5.69 Å². The van der Waals surface area contributed by atoms with Gasteiger partial charge in [-0.1, -0.05) is 24.3 Å². The number of hydrogen-bond donors (Lipinski definition) is 1. The Morgan fingerprint density at radius 1 is 0.964 bits per heavy atom. The molecular formula is C23H23N3O2. The van der Waals surface area contributed by atoms with E-state index in [2.05, 4.69) is 5.32 Å². The predicted octanol–water partition coefficient (Wildman–Crippen LogP) is 3.78. The minimum Gasteiger partial charge on any atom is -0.338 e. The normalized spacial score (nSPS) is 13.7. The lowest BCUT2D eigenvalue weighted by Gasteiger charge is -2.16. The average molecular weight is 373 g/mol. The van der Waals surface area contributed by atoms with E-state index in [1.54, 1.807) is 0 Å². The second-order valence-electron chi connectivity index (χ2n) is 7.10. The number of nitrogens with one attached hydrogen (secondary N) is 1. The molecular weight excluding hydrogens is 350 g/mol. The van der Waals surface area contributed by atoms with E-state index < -0.39 is 0 Å². The van der Waals surface area contributed by atoms with Gasteiger partial charge in [0.05, 0.1) is 6.42 Å². The number of anilines is 1. The maximum atomic E-state index is 12.4. The van der Waals surface area contributed by atoms with Gasteiger partial charge in [-0.15, -0.1) is 0 Å². The lowest BCUT2D eigenvalue weighted by molar-refractivity contribution is -0.128. The Balaban J connectivity index is 1.36. The van der Waals surface area contributed by atoms with Gasteiger partial charge in [-0.05, 0) is 53.9 Å². The number of nitrogens with zero attached hydrogens (tertiary/aromatic N) is 2. The van der Waals surface area contributed by atoms with Gasteiger partial charge < -0.3 is 14.8 Å². The third-order valence-corrected chi connectivity index (χ3v) is 4.96. The van der Waals surface area contributed by atoms with E-state index in [-0.39, 0.29) is 11.8 Å². The van der Waals surface area contributed by atoms with Crippen LogP contribution in [0.1, 0.15) is 24.0 Å². The first kappa shape index (κ1) is 18.0. The lowest BCUT2D eigenvalue weighted by atomic mass is 10.1. The standard InChI is InChI=1S/C23H23N3O2/c27-22(16-18-8-10-21(11-9-18)25-12-1-2-13-25)24-20-6-3-5-19(15-20)17-26-14-4-7-23(26)28/h1-3,5-6,8-13,15H,4,7,14,16-17H2,(H,24,27). The van der Waals surface area contributed by atoms with Crippen molar-refractivity contribution in [2.45, 2.75) is 25.8 Å². The molecule has 142 valence electrons. The molecule has 5 heteroatoms. The highest BCUT2D eigenvalue weighted by molar-refractivity contribution is 5.92. The Hall–Kier alpha value is -3.34. The Kier molecular flexibility index (Phi) is 5.24. The van der Waals surface area contributed by atoms with Crippen LogP contribution in [0.2, 0.25) is 0 Å². The molecule has 0 atom stereocenters. The van der Waals surface area contributed by atoms with E-state index in [1.807, 2.05) is 82.5 Å². The SMILES string of the molecule is O=C(Cc1ccc(-n2cccc2)cc1)Nc1cccc(CN2CCCC2=O)c1. The van der Waals surface area contributed by atoms with Crippen molar-refractivity contribution in [3.8, 4) is 5.69 Å². The van der Waals surface area contributed by atoms with Gasteiger partial charge in [-0.3, -0.25) is 9.59 Å². The third kappa shape index (κ3) is 4.31. The fourth-order valence-electron chi connectivity index (χ4n) is 3.52. The van der Waals surface area contributed by atoms with Crippen LogP contribution in [0.4, 0.5) is 5.69 Å². The Morgan fingerprint density at radius 3 is 2.46 bits per heavy atom. The van der Waals surface area contributed by atoms with Crippen molar-refractivity contribution in [3.63, 3.8) is 0 Å². The zero-order valence-electron chi connectivity index (χ0n) is 15.7. The molecule has 5 nitrogen and oxygen atoms in total. The van der Waals surface area contributed by atoms with Gasteiger partial charge in [-0.25, -0.2) is 0 Å². The summed E-state index contributed by atoms with van der Waals surface area (Å²) >= 11 is 0. The number of carbonyl (C=O) groups is 2. The van der Waals surface area contributed by atoms with Crippen LogP contribution in [-0.4, -0.2) is 27.8 Å². The van der Waals surface area contributed by atoms with Gasteiger partial charge in [0.1, 0.15) is 0 Å². The van der Waals surface area contributed by atoms with Gasteiger partial charge in [0, 0.05) is 43.3 Å². The van der Waals surface area contributed by atoms with Crippen LogP contribution in [0.5, 0.6) is 0 Å². The van der Waals surface area contributed by atoms with Crippen LogP contribution < -0.4 is 5.32 Å². The van der Waals surface area contributed by atoms with Crippen LogP contribution >= 0.6 is 0 Å². The molecule has 1 saturated heterocycles. The van der Waals surface area contributed by atoms with E-state index in [0.29, 0.717) is 19.4 Å². The molecule has 1 aliphatic heterocycles. The van der Waals surface area contributed by atoms with Crippen molar-refractivity contribution >= 4 is 17.5 Å². The number of aromatic nitrogens is 1. The van der Waals surface area contributed by atoms with E-state index in [1.165, 1.54) is 0 Å². The molecule has 0 aliphatic carbocycles. The summed E-state index contributed by atoms with van der Waals surface area (Å²) < 4.78 is 2.03. The van der Waals surface area contributed by atoms with Gasteiger partial charge in [-0.2, -0.15) is 0 Å². The number of likely N-dealkylation sites (tertiary alicyclic amines) is 1. The predicted molar refractivity (Wildman–Crippen MR) is 109 cm³/mol. The number of amides is 2. The van der Waals surface area contributed by atoms with Crippen molar-refractivity contribution in [1.82, 2.24) is 9.47 Å². The topological polar surface area (TPSA) is 54.3 Å². The van der Waals surface area contributed by atoms with Gasteiger partial charge >= 0.3 is 0 Å². The molecule has 0 saturated carbocycles. The van der Waals surface area contributed by atoms with Crippen molar-refractivity contribution in [2.75, 3.05) is 11.9 Å². The number of hydrogen-bond acceptors (Lipinski definition) is 2. The van der Waals surface area contributed by atoms with E-state index >= 15 is 0 Å².